The molecule has 6 heteroatoms. The molecular formula is C23H23N5O. The first kappa shape index (κ1) is 17.8. The van der Waals surface area contributed by atoms with Crippen LogP contribution >= 0.6 is 0 Å². The highest BCUT2D eigenvalue weighted by atomic mass is 16.1. The molecule has 0 bridgehead atoms. The fourth-order valence-electron chi connectivity index (χ4n) is 4.34. The third-order valence-corrected chi connectivity index (χ3v) is 5.79. The lowest BCUT2D eigenvalue weighted by Gasteiger charge is -2.16. The molecule has 3 aromatic heterocycles. The van der Waals surface area contributed by atoms with E-state index in [4.69, 9.17) is 0 Å². The van der Waals surface area contributed by atoms with Crippen LogP contribution < -0.4 is 5.56 Å². The molecule has 0 aliphatic carbocycles. The van der Waals surface area contributed by atoms with Crippen LogP contribution in [-0.4, -0.2) is 37.3 Å². The maximum atomic E-state index is 12.7. The SMILES string of the molecule is CC1CN(Cc2ccccn2)CC1c1cn2c(-c3ccccc3)ncc2c(=O)[nH]1. The van der Waals surface area contributed by atoms with Crippen molar-refractivity contribution in [2.24, 2.45) is 5.92 Å². The largest absolute Gasteiger partial charge is 0.323 e. The third kappa shape index (κ3) is 3.36. The van der Waals surface area contributed by atoms with Gasteiger partial charge in [-0.25, -0.2) is 4.98 Å². The van der Waals surface area contributed by atoms with E-state index < -0.39 is 0 Å². The summed E-state index contributed by atoms with van der Waals surface area (Å²) < 4.78 is 1.93. The number of aromatic nitrogens is 4. The molecule has 0 radical (unpaired) electrons. The van der Waals surface area contributed by atoms with Crippen molar-refractivity contribution in [1.29, 1.82) is 0 Å². The maximum absolute atomic E-state index is 12.7. The highest BCUT2D eigenvalue weighted by Gasteiger charge is 2.32. The molecule has 0 amide bonds. The summed E-state index contributed by atoms with van der Waals surface area (Å²) in [6, 6.07) is 16.0. The van der Waals surface area contributed by atoms with Gasteiger partial charge in [0, 0.05) is 49.2 Å². The van der Waals surface area contributed by atoms with Crippen molar-refractivity contribution in [2.45, 2.75) is 19.4 Å². The van der Waals surface area contributed by atoms with Gasteiger partial charge in [0.1, 0.15) is 11.3 Å². The molecule has 0 saturated carbocycles. The van der Waals surface area contributed by atoms with E-state index in [0.717, 1.165) is 42.4 Å². The zero-order valence-corrected chi connectivity index (χ0v) is 16.3. The first-order valence-electron chi connectivity index (χ1n) is 9.97. The predicted octanol–water partition coefficient (Wildman–Crippen LogP) is 3.32. The minimum absolute atomic E-state index is 0.0902. The zero-order chi connectivity index (χ0) is 19.8. The summed E-state index contributed by atoms with van der Waals surface area (Å²) in [5, 5.41) is 0. The molecule has 1 saturated heterocycles. The van der Waals surface area contributed by atoms with Crippen molar-refractivity contribution >= 4 is 5.52 Å². The fraction of sp³-hybridized carbons (Fsp3) is 0.261. The Hall–Kier alpha value is -3.25. The van der Waals surface area contributed by atoms with Crippen LogP contribution in [0.1, 0.15) is 24.2 Å². The fourth-order valence-corrected chi connectivity index (χ4v) is 4.34. The minimum Gasteiger partial charge on any atom is -0.323 e. The molecule has 1 aliphatic heterocycles. The number of likely N-dealkylation sites (tertiary alicyclic amines) is 1. The minimum atomic E-state index is -0.0902. The lowest BCUT2D eigenvalue weighted by molar-refractivity contribution is 0.314. The number of nitrogens with zero attached hydrogens (tertiary/aromatic N) is 4. The van der Waals surface area contributed by atoms with Crippen molar-refractivity contribution in [3.63, 3.8) is 0 Å². The Labute approximate surface area is 168 Å². The molecule has 6 nitrogen and oxygen atoms in total. The molecule has 2 unspecified atom stereocenters. The number of nitrogens with one attached hydrogen (secondary N) is 1. The molecule has 1 aliphatic rings. The van der Waals surface area contributed by atoms with Gasteiger partial charge in [-0.05, 0) is 18.1 Å². The van der Waals surface area contributed by atoms with Crippen molar-refractivity contribution in [2.75, 3.05) is 13.1 Å². The summed E-state index contributed by atoms with van der Waals surface area (Å²) >= 11 is 0. The van der Waals surface area contributed by atoms with Crippen molar-refractivity contribution in [3.05, 3.63) is 88.9 Å². The highest BCUT2D eigenvalue weighted by molar-refractivity contribution is 5.61. The van der Waals surface area contributed by atoms with E-state index in [-0.39, 0.29) is 11.5 Å². The smallest absolute Gasteiger partial charge is 0.274 e. The average Bonchev–Trinajstić information content (AvgIpc) is 3.33. The van der Waals surface area contributed by atoms with Gasteiger partial charge < -0.3 is 4.98 Å². The predicted molar refractivity (Wildman–Crippen MR) is 113 cm³/mol. The van der Waals surface area contributed by atoms with Gasteiger partial charge in [-0.15, -0.1) is 0 Å². The van der Waals surface area contributed by atoms with E-state index in [1.807, 2.05) is 53.1 Å². The van der Waals surface area contributed by atoms with Crippen LogP contribution in [-0.2, 0) is 6.54 Å². The monoisotopic (exact) mass is 385 g/mol. The van der Waals surface area contributed by atoms with Gasteiger partial charge in [0.05, 0.1) is 11.9 Å². The van der Waals surface area contributed by atoms with Crippen LogP contribution in [0.3, 0.4) is 0 Å². The van der Waals surface area contributed by atoms with Crippen molar-refractivity contribution in [3.8, 4) is 11.4 Å². The van der Waals surface area contributed by atoms with Gasteiger partial charge in [0.25, 0.3) is 5.56 Å². The van der Waals surface area contributed by atoms with E-state index in [1.54, 1.807) is 6.20 Å². The number of pyridine rings is 1. The molecule has 5 rings (SSSR count). The Balaban J connectivity index is 1.48. The van der Waals surface area contributed by atoms with E-state index in [1.165, 1.54) is 0 Å². The molecule has 4 heterocycles. The third-order valence-electron chi connectivity index (χ3n) is 5.79. The second-order valence-electron chi connectivity index (χ2n) is 7.84. The first-order chi connectivity index (χ1) is 14.2. The number of benzene rings is 1. The molecule has 29 heavy (non-hydrogen) atoms. The molecule has 1 aromatic carbocycles. The Kier molecular flexibility index (Phi) is 4.48. The second-order valence-corrected chi connectivity index (χ2v) is 7.84. The Morgan fingerprint density at radius 1 is 1.07 bits per heavy atom. The zero-order valence-electron chi connectivity index (χ0n) is 16.3. The topological polar surface area (TPSA) is 66.3 Å². The van der Waals surface area contributed by atoms with Crippen LogP contribution in [0.4, 0.5) is 0 Å². The van der Waals surface area contributed by atoms with Gasteiger partial charge in [-0.2, -0.15) is 0 Å². The molecule has 146 valence electrons. The van der Waals surface area contributed by atoms with E-state index in [2.05, 4.69) is 39.0 Å². The number of rotatable bonds is 4. The first-order valence-corrected chi connectivity index (χ1v) is 9.97. The van der Waals surface area contributed by atoms with Gasteiger partial charge in [0.15, 0.2) is 0 Å². The van der Waals surface area contributed by atoms with Gasteiger partial charge in [0.2, 0.25) is 0 Å². The average molecular weight is 385 g/mol. The van der Waals surface area contributed by atoms with Crippen molar-refractivity contribution < 1.29 is 0 Å². The molecular weight excluding hydrogens is 362 g/mol. The Bertz CT molecular complexity index is 1180. The Morgan fingerprint density at radius 2 is 1.90 bits per heavy atom. The maximum Gasteiger partial charge on any atom is 0.274 e. The summed E-state index contributed by atoms with van der Waals surface area (Å²) in [7, 11) is 0. The number of fused-ring (bicyclic) bond motifs is 1. The lowest BCUT2D eigenvalue weighted by Crippen LogP contribution is -2.21. The van der Waals surface area contributed by atoms with Gasteiger partial charge in [-0.1, -0.05) is 43.3 Å². The normalized spacial score (nSPS) is 19.8. The summed E-state index contributed by atoms with van der Waals surface area (Å²) in [5.74, 6) is 1.50. The van der Waals surface area contributed by atoms with Gasteiger partial charge in [-0.3, -0.25) is 19.1 Å². The molecule has 4 aromatic rings. The lowest BCUT2D eigenvalue weighted by atomic mass is 9.95. The van der Waals surface area contributed by atoms with E-state index >= 15 is 0 Å². The number of H-pyrrole nitrogens is 1. The van der Waals surface area contributed by atoms with E-state index in [9.17, 15) is 4.79 Å². The van der Waals surface area contributed by atoms with Crippen LogP contribution in [0.25, 0.3) is 16.9 Å². The second kappa shape index (κ2) is 7.29. The van der Waals surface area contributed by atoms with Gasteiger partial charge >= 0.3 is 0 Å². The summed E-state index contributed by atoms with van der Waals surface area (Å²) in [6.07, 6.45) is 5.54. The van der Waals surface area contributed by atoms with Crippen molar-refractivity contribution in [1.82, 2.24) is 24.3 Å². The van der Waals surface area contributed by atoms with Crippen LogP contribution in [0.5, 0.6) is 0 Å². The molecule has 0 spiro atoms. The van der Waals surface area contributed by atoms with Crippen LogP contribution in [0.15, 0.2) is 71.9 Å². The standard InChI is InChI=1S/C23H23N5O/c1-16-12-27(13-18-9-5-6-10-24-18)14-19(16)20-15-28-21(23(29)26-20)11-25-22(28)17-7-3-2-4-8-17/h2-11,15-16,19H,12-14H2,1H3,(H,26,29). The number of aromatic amines is 1. The number of imidazole rings is 1. The summed E-state index contributed by atoms with van der Waals surface area (Å²) in [4.78, 5) is 27.2. The quantitative estimate of drug-likeness (QED) is 0.585. The molecule has 1 N–H and O–H groups in total. The number of hydrogen-bond donors (Lipinski definition) is 1. The van der Waals surface area contributed by atoms with E-state index in [0.29, 0.717) is 11.4 Å². The van der Waals surface area contributed by atoms with Crippen LogP contribution in [0, 0.1) is 5.92 Å². The van der Waals surface area contributed by atoms with Crippen LogP contribution in [0.2, 0.25) is 0 Å². The highest BCUT2D eigenvalue weighted by Crippen LogP contribution is 2.32. The molecule has 2 atom stereocenters. The molecule has 1 fully saturated rings. The summed E-state index contributed by atoms with van der Waals surface area (Å²) in [5.41, 5.74) is 3.52. The Morgan fingerprint density at radius 3 is 2.69 bits per heavy atom. The summed E-state index contributed by atoms with van der Waals surface area (Å²) in [6.45, 7) is 4.96. The number of hydrogen-bond acceptors (Lipinski definition) is 4.